The highest BCUT2D eigenvalue weighted by atomic mass is 15.4. The second kappa shape index (κ2) is 31.9. The van der Waals surface area contributed by atoms with E-state index in [9.17, 15) is 0 Å². The Kier molecular flexibility index (Phi) is 25.1. The monoisotopic (exact) mass is 975 g/mol. The zero-order chi connectivity index (χ0) is 50.6. The molecule has 0 bridgehead atoms. The van der Waals surface area contributed by atoms with E-state index < -0.39 is 0 Å². The summed E-state index contributed by atoms with van der Waals surface area (Å²) in [7, 11) is 0. The number of unbranched alkanes of at least 4 members (excludes halogenated alkanes) is 24. The van der Waals surface area contributed by atoms with E-state index in [0.717, 1.165) is 53.0 Å². The number of anilines is 2. The summed E-state index contributed by atoms with van der Waals surface area (Å²) < 4.78 is 0. The minimum absolute atomic E-state index is 0.0966. The zero-order valence-corrected chi connectivity index (χ0v) is 46.5. The molecule has 0 radical (unpaired) electrons. The van der Waals surface area contributed by atoms with E-state index in [1.807, 2.05) is 6.07 Å². The Labute approximate surface area is 439 Å². The van der Waals surface area contributed by atoms with E-state index in [-0.39, 0.29) is 5.66 Å². The lowest BCUT2D eigenvalue weighted by Crippen LogP contribution is -2.62. The average molecular weight is 976 g/mol. The van der Waals surface area contributed by atoms with E-state index in [2.05, 4.69) is 141 Å². The fourth-order valence-electron chi connectivity index (χ4n) is 11.4. The topological polar surface area (TPSA) is 55.9 Å². The standard InChI is InChI=1S/C66H98N6/c1-7-11-14-17-20-23-24-25-26-29-34-50-66(6)71(51-35-30-27-21-18-15-12-8-2)63-41-37-40-59-62(48-49-64(65(59)63)72(66)52-36-31-28-22-19-16-13-9-3)70-69-61-47-46-60(57-38-32-33-39-58(57)61)68-67-56-44-42-55(43-45-56)53-54(5)10-4/h32-33,37-49,54H,7-31,34-36,50-53H2,1-6H3/b68-67+,70-69+/t54-,66?/m1/s1. The molecule has 1 aliphatic rings. The molecule has 0 saturated heterocycles. The van der Waals surface area contributed by atoms with Gasteiger partial charge in [0.25, 0.3) is 0 Å². The summed E-state index contributed by atoms with van der Waals surface area (Å²) in [6, 6.07) is 32.7. The molecular weight excluding hydrogens is 877 g/mol. The maximum Gasteiger partial charge on any atom is 0.110 e. The van der Waals surface area contributed by atoms with E-state index in [4.69, 9.17) is 15.3 Å². The van der Waals surface area contributed by atoms with Gasteiger partial charge in [0.05, 0.1) is 22.7 Å². The molecule has 0 aliphatic carbocycles. The molecule has 0 aromatic heterocycles. The Balaban J connectivity index is 1.26. The molecule has 1 aliphatic heterocycles. The molecule has 2 atom stereocenters. The van der Waals surface area contributed by atoms with Crippen molar-refractivity contribution < 1.29 is 0 Å². The van der Waals surface area contributed by atoms with Gasteiger partial charge in [-0.2, -0.15) is 5.11 Å². The van der Waals surface area contributed by atoms with Crippen molar-refractivity contribution in [1.82, 2.24) is 0 Å². The normalized spacial score (nSPS) is 15.3. The van der Waals surface area contributed by atoms with Crippen molar-refractivity contribution in [2.45, 2.75) is 240 Å². The SMILES string of the molecule is CCCCCCCCCCCCCC1(C)N(CCCCCCCCCC)c2cccc3c(/N=N/c4ccc(/N=N/c5ccc(C[C@H](C)CC)cc5)c5ccccc45)ccc(c23)N1CCCCCCCCCC. The number of nitrogens with zero attached hydrogens (tertiary/aromatic N) is 6. The molecule has 6 nitrogen and oxygen atoms in total. The number of hydrogen-bond donors (Lipinski definition) is 0. The first-order valence-electron chi connectivity index (χ1n) is 30.0. The third-order valence-electron chi connectivity index (χ3n) is 16.1. The van der Waals surface area contributed by atoms with Crippen molar-refractivity contribution in [2.75, 3.05) is 22.9 Å². The van der Waals surface area contributed by atoms with Crippen LogP contribution >= 0.6 is 0 Å². The Morgan fingerprint density at radius 3 is 1.29 bits per heavy atom. The summed E-state index contributed by atoms with van der Waals surface area (Å²) in [5, 5.41) is 24.2. The molecule has 0 N–H and O–H groups in total. The lowest BCUT2D eigenvalue weighted by atomic mass is 9.90. The molecule has 392 valence electrons. The van der Waals surface area contributed by atoms with Gasteiger partial charge in [0.15, 0.2) is 0 Å². The number of rotatable bonds is 37. The van der Waals surface area contributed by atoms with Gasteiger partial charge in [0.2, 0.25) is 0 Å². The quantitative estimate of drug-likeness (QED) is 0.0294. The number of hydrogen-bond acceptors (Lipinski definition) is 6. The highest BCUT2D eigenvalue weighted by Gasteiger charge is 2.42. The molecule has 1 heterocycles. The minimum atomic E-state index is -0.0966. The van der Waals surface area contributed by atoms with E-state index in [1.54, 1.807) is 0 Å². The Bertz CT molecular complexity index is 2310. The highest BCUT2D eigenvalue weighted by Crippen LogP contribution is 2.50. The van der Waals surface area contributed by atoms with Gasteiger partial charge in [-0.3, -0.25) is 0 Å². The molecule has 5 aromatic rings. The predicted octanol–water partition coefficient (Wildman–Crippen LogP) is 22.7. The van der Waals surface area contributed by atoms with Gasteiger partial charge in [-0.05, 0) is 93.0 Å². The van der Waals surface area contributed by atoms with Gasteiger partial charge in [0, 0.05) is 46.0 Å². The van der Waals surface area contributed by atoms with Crippen LogP contribution in [0.2, 0.25) is 0 Å². The molecule has 1 unspecified atom stereocenters. The van der Waals surface area contributed by atoms with Crippen molar-refractivity contribution in [1.29, 1.82) is 0 Å². The van der Waals surface area contributed by atoms with Crippen LogP contribution in [0.3, 0.4) is 0 Å². The lowest BCUT2D eigenvalue weighted by Gasteiger charge is -2.55. The minimum Gasteiger partial charge on any atom is -0.348 e. The van der Waals surface area contributed by atoms with Gasteiger partial charge in [0.1, 0.15) is 5.66 Å². The van der Waals surface area contributed by atoms with E-state index in [1.165, 1.54) is 214 Å². The first-order valence-corrected chi connectivity index (χ1v) is 30.0. The van der Waals surface area contributed by atoms with Crippen LogP contribution in [0.1, 0.15) is 233 Å². The summed E-state index contributed by atoms with van der Waals surface area (Å²) in [5.74, 6) is 0.672. The Morgan fingerprint density at radius 1 is 0.403 bits per heavy atom. The van der Waals surface area contributed by atoms with Crippen LogP contribution in [-0.4, -0.2) is 18.8 Å². The summed E-state index contributed by atoms with van der Waals surface area (Å²) in [5.41, 5.74) is 7.47. The third kappa shape index (κ3) is 17.0. The molecule has 0 saturated carbocycles. The maximum absolute atomic E-state index is 5.12. The maximum atomic E-state index is 5.12. The lowest BCUT2D eigenvalue weighted by molar-refractivity contribution is 0.341. The first kappa shape index (κ1) is 56.7. The van der Waals surface area contributed by atoms with Gasteiger partial charge in [-0.15, -0.1) is 15.3 Å². The summed E-state index contributed by atoms with van der Waals surface area (Å²) >= 11 is 0. The van der Waals surface area contributed by atoms with Crippen molar-refractivity contribution in [3.8, 4) is 0 Å². The molecular formula is C66H98N6. The number of fused-ring (bicyclic) bond motifs is 1. The summed E-state index contributed by atoms with van der Waals surface area (Å²) in [4.78, 5) is 5.73. The molecule has 0 fully saturated rings. The summed E-state index contributed by atoms with van der Waals surface area (Å²) in [6.45, 7) is 16.3. The smallest absolute Gasteiger partial charge is 0.110 e. The first-order chi connectivity index (χ1) is 35.4. The predicted molar refractivity (Wildman–Crippen MR) is 315 cm³/mol. The van der Waals surface area contributed by atoms with E-state index >= 15 is 0 Å². The van der Waals surface area contributed by atoms with Crippen LogP contribution in [0, 0.1) is 5.92 Å². The largest absolute Gasteiger partial charge is 0.348 e. The second-order valence-electron chi connectivity index (χ2n) is 22.0. The van der Waals surface area contributed by atoms with Crippen LogP contribution in [-0.2, 0) is 6.42 Å². The fourth-order valence-corrected chi connectivity index (χ4v) is 11.4. The van der Waals surface area contributed by atoms with Gasteiger partial charge >= 0.3 is 0 Å². The van der Waals surface area contributed by atoms with Crippen LogP contribution in [0.4, 0.5) is 34.1 Å². The third-order valence-corrected chi connectivity index (χ3v) is 16.1. The number of benzene rings is 5. The molecule has 5 aromatic carbocycles. The van der Waals surface area contributed by atoms with Gasteiger partial charge in [-0.1, -0.05) is 244 Å². The summed E-state index contributed by atoms with van der Waals surface area (Å²) in [6.07, 6.45) is 39.9. The Morgan fingerprint density at radius 2 is 0.806 bits per heavy atom. The van der Waals surface area contributed by atoms with Crippen LogP contribution in [0.15, 0.2) is 111 Å². The number of azo groups is 2. The molecule has 72 heavy (non-hydrogen) atoms. The van der Waals surface area contributed by atoms with Crippen molar-refractivity contribution in [3.05, 3.63) is 96.6 Å². The van der Waals surface area contributed by atoms with Gasteiger partial charge < -0.3 is 9.80 Å². The van der Waals surface area contributed by atoms with Crippen LogP contribution in [0.5, 0.6) is 0 Å². The fraction of sp³-hybridized carbons (Fsp3) is 0.606. The van der Waals surface area contributed by atoms with Crippen molar-refractivity contribution in [3.63, 3.8) is 0 Å². The van der Waals surface area contributed by atoms with Crippen molar-refractivity contribution >= 4 is 55.7 Å². The molecule has 0 spiro atoms. The Hall–Kier alpha value is -4.58. The highest BCUT2D eigenvalue weighted by molar-refractivity contribution is 6.10. The second-order valence-corrected chi connectivity index (χ2v) is 22.0. The molecule has 6 rings (SSSR count). The molecule has 6 heteroatoms. The van der Waals surface area contributed by atoms with Gasteiger partial charge in [-0.25, -0.2) is 0 Å². The zero-order valence-electron chi connectivity index (χ0n) is 46.5. The van der Waals surface area contributed by atoms with E-state index in [0.29, 0.717) is 5.92 Å². The van der Waals surface area contributed by atoms with Crippen LogP contribution < -0.4 is 9.80 Å². The molecule has 0 amide bonds. The average Bonchev–Trinajstić information content (AvgIpc) is 3.40. The van der Waals surface area contributed by atoms with Crippen molar-refractivity contribution in [2.24, 2.45) is 26.4 Å². The van der Waals surface area contributed by atoms with Crippen LogP contribution in [0.25, 0.3) is 21.5 Å².